The number of hydrogen-bond donors (Lipinski definition) is 1. The topological polar surface area (TPSA) is 84.7 Å². The Morgan fingerprint density at radius 3 is 2.38 bits per heavy atom. The first kappa shape index (κ1) is 25.3. The van der Waals surface area contributed by atoms with Gasteiger partial charge in [-0.2, -0.15) is 0 Å². The van der Waals surface area contributed by atoms with Gasteiger partial charge in [-0.1, -0.05) is 88.7 Å². The van der Waals surface area contributed by atoms with Gasteiger partial charge in [-0.05, 0) is 47.0 Å². The molecule has 8 heteroatoms. The van der Waals surface area contributed by atoms with Gasteiger partial charge in [0.1, 0.15) is 17.3 Å². The molecule has 6 rings (SSSR count). The number of methoxy groups -OCH3 is 1. The average Bonchev–Trinajstić information content (AvgIpc) is 3.44. The summed E-state index contributed by atoms with van der Waals surface area (Å²) < 4.78 is 6.36. The smallest absolute Gasteiger partial charge is 0.253 e. The Morgan fingerprint density at radius 2 is 1.67 bits per heavy atom. The predicted molar refractivity (Wildman–Crippen MR) is 152 cm³/mol. The maximum atomic E-state index is 14.7. The van der Waals surface area contributed by atoms with E-state index in [0.717, 1.165) is 26.9 Å². The van der Waals surface area contributed by atoms with Crippen LogP contribution < -0.4 is 15.0 Å². The first-order valence-corrected chi connectivity index (χ1v) is 13.5. The van der Waals surface area contributed by atoms with Crippen molar-refractivity contribution in [1.82, 2.24) is 5.32 Å². The average molecular weight is 584 g/mol. The first-order chi connectivity index (χ1) is 18.9. The highest BCUT2D eigenvalue weighted by atomic mass is 79.9. The van der Waals surface area contributed by atoms with Crippen LogP contribution in [0.4, 0.5) is 5.69 Å². The lowest BCUT2D eigenvalue weighted by atomic mass is 9.74. The van der Waals surface area contributed by atoms with E-state index in [1.54, 1.807) is 18.1 Å². The molecule has 1 amide bonds. The van der Waals surface area contributed by atoms with Gasteiger partial charge in [0, 0.05) is 20.6 Å². The Bertz CT molecular complexity index is 1550. The van der Waals surface area contributed by atoms with Gasteiger partial charge in [-0.3, -0.25) is 20.2 Å². The minimum absolute atomic E-state index is 0.202. The Labute approximate surface area is 234 Å². The van der Waals surface area contributed by atoms with Crippen molar-refractivity contribution in [3.05, 3.63) is 140 Å². The largest absolute Gasteiger partial charge is 0.497 e. The Hall–Kier alpha value is -4.01. The van der Waals surface area contributed by atoms with E-state index in [1.807, 2.05) is 97.1 Å². The molecule has 1 fully saturated rings. The van der Waals surface area contributed by atoms with Crippen molar-refractivity contribution in [1.29, 1.82) is 0 Å². The number of ether oxygens (including phenoxy) is 1. The van der Waals surface area contributed by atoms with Gasteiger partial charge in [-0.25, -0.2) is 0 Å². The monoisotopic (exact) mass is 583 g/mol. The zero-order valence-corrected chi connectivity index (χ0v) is 22.7. The molecule has 7 nitrogen and oxygen atoms in total. The minimum Gasteiger partial charge on any atom is -0.497 e. The third-order valence-electron chi connectivity index (χ3n) is 7.84. The summed E-state index contributed by atoms with van der Waals surface area (Å²) in [7, 11) is 1.56. The van der Waals surface area contributed by atoms with Crippen molar-refractivity contribution in [2.24, 2.45) is 0 Å². The molecule has 4 atom stereocenters. The Balaban J connectivity index is 1.58. The Morgan fingerprint density at radius 1 is 0.949 bits per heavy atom. The second-order valence-electron chi connectivity index (χ2n) is 9.91. The van der Waals surface area contributed by atoms with Crippen molar-refractivity contribution >= 4 is 27.5 Å². The molecule has 0 radical (unpaired) electrons. The van der Waals surface area contributed by atoms with Crippen LogP contribution in [0.15, 0.2) is 108 Å². The van der Waals surface area contributed by atoms with Crippen LogP contribution in [0.2, 0.25) is 0 Å². The van der Waals surface area contributed by atoms with E-state index in [1.165, 1.54) is 0 Å². The van der Waals surface area contributed by atoms with E-state index < -0.39 is 23.5 Å². The SMILES string of the molecule is COc1cccc([C@H]2[C@H]([N+](=O)[O-])[C@H](c3ccc(Br)cc3)N[C@]23C(=O)N(Cc2ccccc2)c2ccccc23)c1. The van der Waals surface area contributed by atoms with Crippen LogP contribution in [0.5, 0.6) is 5.75 Å². The Kier molecular flexibility index (Phi) is 6.45. The fraction of sp³-hybridized carbons (Fsp3) is 0.194. The third-order valence-corrected chi connectivity index (χ3v) is 8.37. The zero-order valence-electron chi connectivity index (χ0n) is 21.2. The molecule has 196 valence electrons. The van der Waals surface area contributed by atoms with Crippen molar-refractivity contribution in [3.63, 3.8) is 0 Å². The van der Waals surface area contributed by atoms with Crippen LogP contribution >= 0.6 is 15.9 Å². The molecule has 0 unspecified atom stereocenters. The minimum atomic E-state index is -1.35. The standard InChI is InChI=1S/C31H26BrN3O4/c1-39-24-11-7-10-22(18-24)27-29(35(37)38)28(21-14-16-23(32)17-15-21)33-31(27)25-12-5-6-13-26(25)34(30(31)36)19-20-8-3-2-4-9-20/h2-18,27-29,33H,19H2,1H3/t27-,28-,29-,31-/m0/s1. The summed E-state index contributed by atoms with van der Waals surface area (Å²) >= 11 is 3.46. The zero-order chi connectivity index (χ0) is 27.1. The van der Waals surface area contributed by atoms with Crippen LogP contribution in [0, 0.1) is 10.1 Å². The molecule has 0 saturated carbocycles. The lowest BCUT2D eigenvalue weighted by molar-refractivity contribution is -0.527. The number of amides is 1. The number of carbonyl (C=O) groups is 1. The summed E-state index contributed by atoms with van der Waals surface area (Å²) in [6.45, 7) is 0.358. The lowest BCUT2D eigenvalue weighted by Crippen LogP contribution is -2.50. The lowest BCUT2D eigenvalue weighted by Gasteiger charge is -2.31. The third kappa shape index (κ3) is 4.11. The molecule has 2 heterocycles. The highest BCUT2D eigenvalue weighted by molar-refractivity contribution is 9.10. The van der Waals surface area contributed by atoms with Gasteiger partial charge in [0.05, 0.1) is 19.6 Å². The van der Waals surface area contributed by atoms with Crippen LogP contribution in [-0.2, 0) is 16.9 Å². The molecule has 0 aliphatic carbocycles. The number of carbonyl (C=O) groups excluding carboxylic acids is 1. The molecule has 0 bridgehead atoms. The highest BCUT2D eigenvalue weighted by Crippen LogP contribution is 2.57. The fourth-order valence-corrected chi connectivity index (χ4v) is 6.45. The summed E-state index contributed by atoms with van der Waals surface area (Å²) in [5, 5.41) is 16.5. The van der Waals surface area contributed by atoms with Crippen LogP contribution in [-0.4, -0.2) is 24.0 Å². The normalized spacial score (nSPS) is 23.7. The van der Waals surface area contributed by atoms with Gasteiger partial charge in [0.25, 0.3) is 5.91 Å². The predicted octanol–water partition coefficient (Wildman–Crippen LogP) is 5.97. The quantitative estimate of drug-likeness (QED) is 0.223. The van der Waals surface area contributed by atoms with Gasteiger partial charge in [-0.15, -0.1) is 0 Å². The summed E-state index contributed by atoms with van der Waals surface area (Å²) in [6.07, 6.45) is 0. The van der Waals surface area contributed by atoms with E-state index in [2.05, 4.69) is 21.2 Å². The molecule has 1 N–H and O–H groups in total. The van der Waals surface area contributed by atoms with E-state index in [9.17, 15) is 14.9 Å². The number of fused-ring (bicyclic) bond motifs is 2. The fourth-order valence-electron chi connectivity index (χ4n) is 6.19. The van der Waals surface area contributed by atoms with E-state index in [0.29, 0.717) is 17.9 Å². The number of nitrogens with one attached hydrogen (secondary N) is 1. The van der Waals surface area contributed by atoms with Gasteiger partial charge < -0.3 is 9.64 Å². The van der Waals surface area contributed by atoms with Crippen LogP contribution in [0.3, 0.4) is 0 Å². The van der Waals surface area contributed by atoms with Crippen LogP contribution in [0.25, 0.3) is 0 Å². The molecule has 1 saturated heterocycles. The molecule has 1 spiro atoms. The maximum Gasteiger partial charge on any atom is 0.253 e. The number of nitro groups is 1. The number of rotatable bonds is 6. The number of benzene rings is 4. The van der Waals surface area contributed by atoms with E-state index in [4.69, 9.17) is 4.74 Å². The summed E-state index contributed by atoms with van der Waals surface area (Å²) in [6, 6.07) is 30.3. The molecule has 39 heavy (non-hydrogen) atoms. The van der Waals surface area contributed by atoms with Gasteiger partial charge in [0.2, 0.25) is 6.04 Å². The second-order valence-corrected chi connectivity index (χ2v) is 10.8. The molecular formula is C31H26BrN3O4. The van der Waals surface area contributed by atoms with Crippen LogP contribution in [0.1, 0.15) is 34.2 Å². The molecule has 4 aromatic carbocycles. The van der Waals surface area contributed by atoms with Crippen molar-refractivity contribution in [2.45, 2.75) is 30.1 Å². The molecular weight excluding hydrogens is 558 g/mol. The second kappa shape index (κ2) is 9.94. The highest BCUT2D eigenvalue weighted by Gasteiger charge is 2.68. The number of nitrogens with zero attached hydrogens (tertiary/aromatic N) is 2. The summed E-state index contributed by atoms with van der Waals surface area (Å²) in [5.41, 5.74) is 2.54. The van der Waals surface area contributed by atoms with Gasteiger partial charge >= 0.3 is 0 Å². The van der Waals surface area contributed by atoms with Crippen molar-refractivity contribution in [2.75, 3.05) is 12.0 Å². The van der Waals surface area contributed by atoms with Crippen molar-refractivity contribution < 1.29 is 14.5 Å². The molecule has 2 aliphatic rings. The molecule has 2 aliphatic heterocycles. The first-order valence-electron chi connectivity index (χ1n) is 12.7. The van der Waals surface area contributed by atoms with Gasteiger partial charge in [0.15, 0.2) is 0 Å². The maximum absolute atomic E-state index is 14.7. The molecule has 0 aromatic heterocycles. The van der Waals surface area contributed by atoms with Crippen molar-refractivity contribution in [3.8, 4) is 5.75 Å². The van der Waals surface area contributed by atoms with E-state index >= 15 is 0 Å². The van der Waals surface area contributed by atoms with E-state index in [-0.39, 0.29) is 10.8 Å². The molecule has 4 aromatic rings. The number of halogens is 1. The summed E-state index contributed by atoms with van der Waals surface area (Å²) in [5.74, 6) is -0.422. The number of anilines is 1. The number of para-hydroxylation sites is 1. The summed E-state index contributed by atoms with van der Waals surface area (Å²) in [4.78, 5) is 29.2. The number of hydrogen-bond acceptors (Lipinski definition) is 5.